The minimum absolute atomic E-state index is 0.268. The van der Waals surface area contributed by atoms with Crippen LogP contribution in [-0.4, -0.2) is 24.0 Å². The fourth-order valence-electron chi connectivity index (χ4n) is 3.28. The number of hydrogen-bond acceptors (Lipinski definition) is 5. The second kappa shape index (κ2) is 7.46. The number of hydrogen-bond donors (Lipinski definition) is 0. The first-order chi connectivity index (χ1) is 13.9. The molecule has 0 spiro atoms. The number of rotatable bonds is 4. The van der Waals surface area contributed by atoms with Gasteiger partial charge in [-0.2, -0.15) is 5.10 Å². The van der Waals surface area contributed by atoms with Crippen LogP contribution in [-0.2, 0) is 7.05 Å². The van der Waals surface area contributed by atoms with Crippen molar-refractivity contribution in [3.8, 4) is 34.1 Å². The number of methoxy groups -OCH3 is 2. The molecule has 0 aliphatic heterocycles. The summed E-state index contributed by atoms with van der Waals surface area (Å²) in [5.74, 6) is 1.15. The monoisotopic (exact) mass is 430 g/mol. The predicted molar refractivity (Wildman–Crippen MR) is 113 cm³/mol. The Morgan fingerprint density at radius 3 is 2.41 bits per heavy atom. The summed E-state index contributed by atoms with van der Waals surface area (Å²) in [6.45, 7) is 0. The van der Waals surface area contributed by atoms with E-state index in [4.69, 9.17) is 37.1 Å². The van der Waals surface area contributed by atoms with E-state index in [1.807, 2.05) is 6.07 Å². The molecule has 0 unspecified atom stereocenters. The van der Waals surface area contributed by atoms with Crippen molar-refractivity contribution >= 4 is 34.2 Å². The molecule has 0 amide bonds. The summed E-state index contributed by atoms with van der Waals surface area (Å²) in [6, 6.07) is 9.84. The van der Waals surface area contributed by atoms with Crippen LogP contribution in [0.2, 0.25) is 10.0 Å². The molecule has 0 fully saturated rings. The average molecular weight is 431 g/mol. The Balaban J connectivity index is 2.15. The molecule has 0 N–H and O–H groups in total. The molecule has 4 rings (SSSR count). The van der Waals surface area contributed by atoms with Crippen LogP contribution in [0.5, 0.6) is 11.5 Å². The van der Waals surface area contributed by atoms with Crippen LogP contribution >= 0.6 is 23.2 Å². The first kappa shape index (κ1) is 19.4. The Morgan fingerprint density at radius 1 is 1.03 bits per heavy atom. The van der Waals surface area contributed by atoms with Crippen molar-refractivity contribution in [2.24, 2.45) is 7.05 Å². The molecule has 0 bridgehead atoms. The Hall–Kier alpha value is -2.96. The summed E-state index contributed by atoms with van der Waals surface area (Å²) in [5, 5.41) is 5.38. The third kappa shape index (κ3) is 3.24. The van der Waals surface area contributed by atoms with E-state index in [0.29, 0.717) is 49.4 Å². The van der Waals surface area contributed by atoms with Crippen molar-refractivity contribution in [3.63, 3.8) is 0 Å². The molecule has 2 heterocycles. The third-order valence-electron chi connectivity index (χ3n) is 4.64. The van der Waals surface area contributed by atoms with E-state index in [9.17, 15) is 4.79 Å². The van der Waals surface area contributed by atoms with Crippen LogP contribution in [0.25, 0.3) is 33.6 Å². The van der Waals surface area contributed by atoms with Crippen molar-refractivity contribution in [1.82, 2.24) is 9.78 Å². The van der Waals surface area contributed by atoms with Gasteiger partial charge in [0.15, 0.2) is 11.0 Å². The molecule has 0 aliphatic rings. The van der Waals surface area contributed by atoms with Gasteiger partial charge >= 0.3 is 0 Å². The number of benzene rings is 2. The third-order valence-corrected chi connectivity index (χ3v) is 5.19. The highest BCUT2D eigenvalue weighted by Crippen LogP contribution is 2.42. The van der Waals surface area contributed by atoms with Gasteiger partial charge in [-0.25, -0.2) is 0 Å². The minimum Gasteiger partial charge on any atom is -0.496 e. The van der Waals surface area contributed by atoms with E-state index in [1.165, 1.54) is 13.2 Å². The van der Waals surface area contributed by atoms with Crippen LogP contribution < -0.4 is 14.9 Å². The van der Waals surface area contributed by atoms with Crippen LogP contribution in [0.1, 0.15) is 0 Å². The van der Waals surface area contributed by atoms with Gasteiger partial charge in [-0.15, -0.1) is 0 Å². The van der Waals surface area contributed by atoms with Crippen molar-refractivity contribution in [2.75, 3.05) is 14.2 Å². The normalized spacial score (nSPS) is 11.1. The lowest BCUT2D eigenvalue weighted by atomic mass is 10.0. The molecule has 2 aromatic carbocycles. The van der Waals surface area contributed by atoms with Crippen molar-refractivity contribution in [3.05, 3.63) is 62.9 Å². The Morgan fingerprint density at radius 2 is 1.79 bits per heavy atom. The number of fused-ring (bicyclic) bond motifs is 1. The summed E-state index contributed by atoms with van der Waals surface area (Å²) >= 11 is 12.3. The maximum absolute atomic E-state index is 13.1. The van der Waals surface area contributed by atoms with Crippen LogP contribution in [0.15, 0.2) is 51.8 Å². The summed E-state index contributed by atoms with van der Waals surface area (Å²) in [4.78, 5) is 13.1. The lowest BCUT2D eigenvalue weighted by molar-refractivity contribution is 0.397. The lowest BCUT2D eigenvalue weighted by Crippen LogP contribution is -2.06. The highest BCUT2D eigenvalue weighted by Gasteiger charge is 2.23. The maximum Gasteiger partial charge on any atom is 0.197 e. The van der Waals surface area contributed by atoms with E-state index in [-0.39, 0.29) is 5.43 Å². The molecule has 0 atom stereocenters. The quantitative estimate of drug-likeness (QED) is 0.445. The van der Waals surface area contributed by atoms with Gasteiger partial charge < -0.3 is 13.9 Å². The number of nitrogens with zero attached hydrogens (tertiary/aromatic N) is 2. The lowest BCUT2D eigenvalue weighted by Gasteiger charge is -2.15. The van der Waals surface area contributed by atoms with Gasteiger partial charge in [0.25, 0.3) is 0 Å². The molecule has 4 aromatic rings. The smallest absolute Gasteiger partial charge is 0.197 e. The highest BCUT2D eigenvalue weighted by atomic mass is 35.5. The number of aryl methyl sites for hydroxylation is 1. The van der Waals surface area contributed by atoms with Crippen molar-refractivity contribution in [2.45, 2.75) is 0 Å². The van der Waals surface area contributed by atoms with E-state index >= 15 is 0 Å². The highest BCUT2D eigenvalue weighted by molar-refractivity contribution is 6.36. The van der Waals surface area contributed by atoms with Gasteiger partial charge in [0, 0.05) is 36.0 Å². The fourth-order valence-corrected chi connectivity index (χ4v) is 3.79. The zero-order valence-corrected chi connectivity index (χ0v) is 17.3. The summed E-state index contributed by atoms with van der Waals surface area (Å²) in [6.07, 6.45) is 1.66. The van der Waals surface area contributed by atoms with Gasteiger partial charge in [0.05, 0.1) is 30.5 Å². The van der Waals surface area contributed by atoms with E-state index < -0.39 is 0 Å². The first-order valence-corrected chi connectivity index (χ1v) is 9.36. The van der Waals surface area contributed by atoms with Crippen LogP contribution in [0.3, 0.4) is 0 Å². The molecule has 2 aromatic heterocycles. The van der Waals surface area contributed by atoms with Crippen molar-refractivity contribution in [1.29, 1.82) is 0 Å². The average Bonchev–Trinajstić information content (AvgIpc) is 3.11. The zero-order valence-electron chi connectivity index (χ0n) is 15.8. The van der Waals surface area contributed by atoms with Gasteiger partial charge in [-0.05, 0) is 24.3 Å². The molecule has 0 radical (unpaired) electrons. The zero-order chi connectivity index (χ0) is 20.7. The fraction of sp³-hybridized carbons (Fsp3) is 0.143. The van der Waals surface area contributed by atoms with Gasteiger partial charge in [-0.1, -0.05) is 23.2 Å². The van der Waals surface area contributed by atoms with E-state index in [0.717, 1.165) is 5.69 Å². The van der Waals surface area contributed by atoms with E-state index in [1.54, 1.807) is 49.3 Å². The topological polar surface area (TPSA) is 66.5 Å². The first-order valence-electron chi connectivity index (χ1n) is 8.61. The number of aromatic nitrogens is 2. The van der Waals surface area contributed by atoms with Gasteiger partial charge in [-0.3, -0.25) is 9.48 Å². The molecule has 8 heteroatoms. The van der Waals surface area contributed by atoms with Crippen molar-refractivity contribution < 1.29 is 13.9 Å². The SMILES string of the molecule is COc1cc(OC)c2c(=O)cc(-c3ccc(Cl)cc3Cl)oc2c1-c1ccnn1C. The summed E-state index contributed by atoms with van der Waals surface area (Å²) in [7, 11) is 4.82. The minimum atomic E-state index is -0.268. The standard InChI is InChI=1S/C21H16Cl2N2O4/c1-25-14(6-7-24-25)19-17(27-2)10-18(28-3)20-15(26)9-16(29-21(19)20)12-5-4-11(22)8-13(12)23/h4-10H,1-3H3. The molecular formula is C21H16Cl2N2O4. The second-order valence-electron chi connectivity index (χ2n) is 6.30. The molecule has 29 heavy (non-hydrogen) atoms. The van der Waals surface area contributed by atoms with E-state index in [2.05, 4.69) is 5.10 Å². The maximum atomic E-state index is 13.1. The van der Waals surface area contributed by atoms with Crippen LogP contribution in [0.4, 0.5) is 0 Å². The molecular weight excluding hydrogens is 415 g/mol. The van der Waals surface area contributed by atoms with Gasteiger partial charge in [0.2, 0.25) is 0 Å². The largest absolute Gasteiger partial charge is 0.496 e. The Bertz CT molecular complexity index is 1290. The Labute approximate surface area is 176 Å². The molecule has 0 aliphatic carbocycles. The number of halogens is 2. The van der Waals surface area contributed by atoms with Crippen LogP contribution in [0, 0.1) is 0 Å². The summed E-state index contributed by atoms with van der Waals surface area (Å²) in [5.41, 5.74) is 1.91. The Kier molecular flexibility index (Phi) is 4.98. The van der Waals surface area contributed by atoms with Gasteiger partial charge in [0.1, 0.15) is 22.6 Å². The second-order valence-corrected chi connectivity index (χ2v) is 7.14. The molecule has 148 valence electrons. The predicted octanol–water partition coefficient (Wildman–Crippen LogP) is 5.18. The molecule has 0 saturated heterocycles. The number of ether oxygens (including phenoxy) is 2. The summed E-state index contributed by atoms with van der Waals surface area (Å²) < 4.78 is 18.9. The molecule has 6 nitrogen and oxygen atoms in total. The molecule has 0 saturated carbocycles.